The molecule has 0 atom stereocenters. The standard InChI is InChI=1S/C24H27N5O2/c1-28(17-18-5-3-2-4-6-18)22-15-23(26-16-21(22)24(25)30)27-19-7-9-20(10-8-19)29-11-13-31-14-12-29/h2-10,15-16H,11-14,17H2,1H3,(H2,25,30)(H,26,27). The number of nitrogens with one attached hydrogen (secondary N) is 1. The van der Waals surface area contributed by atoms with Crippen molar-refractivity contribution in [2.24, 2.45) is 5.73 Å². The zero-order chi connectivity index (χ0) is 21.6. The molecule has 0 saturated carbocycles. The third-order valence-electron chi connectivity index (χ3n) is 5.34. The second-order valence-corrected chi connectivity index (χ2v) is 7.56. The van der Waals surface area contributed by atoms with E-state index in [4.69, 9.17) is 10.5 Å². The third-order valence-corrected chi connectivity index (χ3v) is 5.34. The number of aromatic nitrogens is 1. The van der Waals surface area contributed by atoms with Gasteiger partial charge >= 0.3 is 0 Å². The van der Waals surface area contributed by atoms with E-state index in [0.717, 1.165) is 43.2 Å². The number of pyridine rings is 1. The van der Waals surface area contributed by atoms with Gasteiger partial charge < -0.3 is 25.6 Å². The molecular formula is C24H27N5O2. The molecular weight excluding hydrogens is 390 g/mol. The van der Waals surface area contributed by atoms with Gasteiger partial charge in [0.15, 0.2) is 0 Å². The highest BCUT2D eigenvalue weighted by atomic mass is 16.5. The summed E-state index contributed by atoms with van der Waals surface area (Å²) in [5.41, 5.74) is 9.97. The van der Waals surface area contributed by atoms with Crippen molar-refractivity contribution in [3.8, 4) is 0 Å². The van der Waals surface area contributed by atoms with E-state index in [1.54, 1.807) is 0 Å². The Morgan fingerprint density at radius 3 is 2.52 bits per heavy atom. The minimum atomic E-state index is -0.496. The highest BCUT2D eigenvalue weighted by Gasteiger charge is 2.15. The molecule has 1 fully saturated rings. The van der Waals surface area contributed by atoms with E-state index in [9.17, 15) is 4.79 Å². The highest BCUT2D eigenvalue weighted by Crippen LogP contribution is 2.26. The first-order valence-electron chi connectivity index (χ1n) is 10.3. The fourth-order valence-electron chi connectivity index (χ4n) is 3.69. The Morgan fingerprint density at radius 2 is 1.84 bits per heavy atom. The number of primary amides is 1. The Hall–Kier alpha value is -3.58. The van der Waals surface area contributed by atoms with E-state index >= 15 is 0 Å². The second kappa shape index (κ2) is 9.49. The minimum Gasteiger partial charge on any atom is -0.378 e. The van der Waals surface area contributed by atoms with E-state index < -0.39 is 5.91 Å². The van der Waals surface area contributed by atoms with Gasteiger partial charge in [0, 0.05) is 50.3 Å². The van der Waals surface area contributed by atoms with Gasteiger partial charge in [0.1, 0.15) is 5.82 Å². The lowest BCUT2D eigenvalue weighted by Gasteiger charge is -2.29. The normalized spacial score (nSPS) is 13.6. The summed E-state index contributed by atoms with van der Waals surface area (Å²) in [7, 11) is 1.94. The second-order valence-electron chi connectivity index (χ2n) is 7.56. The van der Waals surface area contributed by atoms with Crippen LogP contribution in [0.2, 0.25) is 0 Å². The number of hydrogen-bond acceptors (Lipinski definition) is 6. The van der Waals surface area contributed by atoms with E-state index in [1.165, 1.54) is 11.9 Å². The van der Waals surface area contributed by atoms with Crippen LogP contribution in [-0.4, -0.2) is 44.2 Å². The SMILES string of the molecule is CN(Cc1ccccc1)c1cc(Nc2ccc(N3CCOCC3)cc2)ncc1C(N)=O. The number of anilines is 4. The van der Waals surface area contributed by atoms with Crippen molar-refractivity contribution in [1.29, 1.82) is 0 Å². The van der Waals surface area contributed by atoms with E-state index in [2.05, 4.69) is 39.5 Å². The summed E-state index contributed by atoms with van der Waals surface area (Å²) in [5.74, 6) is 0.155. The Kier molecular flexibility index (Phi) is 6.33. The van der Waals surface area contributed by atoms with Gasteiger partial charge in [0.05, 0.1) is 24.5 Å². The number of ether oxygens (including phenoxy) is 1. The van der Waals surface area contributed by atoms with Gasteiger partial charge in [0.2, 0.25) is 0 Å². The molecule has 0 radical (unpaired) electrons. The largest absolute Gasteiger partial charge is 0.378 e. The van der Waals surface area contributed by atoms with E-state index in [0.29, 0.717) is 17.9 Å². The molecule has 3 aromatic rings. The van der Waals surface area contributed by atoms with Gasteiger partial charge in [-0.3, -0.25) is 4.79 Å². The molecule has 0 unspecified atom stereocenters. The number of nitrogens with two attached hydrogens (primary N) is 1. The zero-order valence-electron chi connectivity index (χ0n) is 17.6. The van der Waals surface area contributed by atoms with Crippen molar-refractivity contribution >= 4 is 28.8 Å². The number of benzene rings is 2. The van der Waals surface area contributed by atoms with Gasteiger partial charge in [-0.1, -0.05) is 30.3 Å². The van der Waals surface area contributed by atoms with Crippen molar-refractivity contribution in [1.82, 2.24) is 4.98 Å². The van der Waals surface area contributed by atoms with Crippen LogP contribution in [0.15, 0.2) is 66.9 Å². The molecule has 160 valence electrons. The fourth-order valence-corrected chi connectivity index (χ4v) is 3.69. The summed E-state index contributed by atoms with van der Waals surface area (Å²) in [5, 5.41) is 3.33. The highest BCUT2D eigenvalue weighted by molar-refractivity contribution is 5.98. The van der Waals surface area contributed by atoms with E-state index in [1.807, 2.05) is 48.3 Å². The summed E-state index contributed by atoms with van der Waals surface area (Å²) in [6.07, 6.45) is 1.53. The van der Waals surface area contributed by atoms with Crippen molar-refractivity contribution < 1.29 is 9.53 Å². The monoisotopic (exact) mass is 417 g/mol. The Balaban J connectivity index is 1.52. The summed E-state index contributed by atoms with van der Waals surface area (Å²) in [6.45, 7) is 3.98. The minimum absolute atomic E-state index is 0.395. The molecule has 1 saturated heterocycles. The van der Waals surface area contributed by atoms with Crippen molar-refractivity contribution in [3.63, 3.8) is 0 Å². The third kappa shape index (κ3) is 5.13. The molecule has 1 aliphatic rings. The lowest BCUT2D eigenvalue weighted by atomic mass is 10.1. The maximum atomic E-state index is 12.0. The van der Waals surface area contributed by atoms with Gasteiger partial charge in [-0.15, -0.1) is 0 Å². The maximum Gasteiger partial charge on any atom is 0.252 e. The summed E-state index contributed by atoms with van der Waals surface area (Å²) in [4.78, 5) is 20.7. The molecule has 2 heterocycles. The summed E-state index contributed by atoms with van der Waals surface area (Å²) >= 11 is 0. The molecule has 1 aliphatic heterocycles. The van der Waals surface area contributed by atoms with Crippen molar-refractivity contribution in [2.75, 3.05) is 48.5 Å². The molecule has 0 spiro atoms. The molecule has 1 aromatic heterocycles. The van der Waals surface area contributed by atoms with E-state index in [-0.39, 0.29) is 0 Å². The van der Waals surface area contributed by atoms with Crippen LogP contribution in [0.25, 0.3) is 0 Å². The smallest absolute Gasteiger partial charge is 0.252 e. The number of carbonyl (C=O) groups excluding carboxylic acids is 1. The molecule has 3 N–H and O–H groups in total. The first-order chi connectivity index (χ1) is 15.1. The first-order valence-corrected chi connectivity index (χ1v) is 10.3. The molecule has 2 aromatic carbocycles. The van der Waals surface area contributed by atoms with Crippen LogP contribution in [0, 0.1) is 0 Å². The molecule has 7 heteroatoms. The zero-order valence-corrected chi connectivity index (χ0v) is 17.6. The molecule has 7 nitrogen and oxygen atoms in total. The number of amides is 1. The lowest BCUT2D eigenvalue weighted by molar-refractivity contribution is 0.100. The number of rotatable bonds is 7. The summed E-state index contributed by atoms with van der Waals surface area (Å²) in [6, 6.07) is 20.2. The Morgan fingerprint density at radius 1 is 1.13 bits per heavy atom. The van der Waals surface area contributed by atoms with Crippen LogP contribution in [0.5, 0.6) is 0 Å². The van der Waals surface area contributed by atoms with Crippen LogP contribution in [0.3, 0.4) is 0 Å². The predicted molar refractivity (Wildman–Crippen MR) is 124 cm³/mol. The van der Waals surface area contributed by atoms with Crippen LogP contribution >= 0.6 is 0 Å². The number of hydrogen-bond donors (Lipinski definition) is 2. The Bertz CT molecular complexity index is 1020. The van der Waals surface area contributed by atoms with Gasteiger partial charge in [0.25, 0.3) is 5.91 Å². The van der Waals surface area contributed by atoms with Crippen LogP contribution in [0.4, 0.5) is 22.9 Å². The molecule has 0 bridgehead atoms. The van der Waals surface area contributed by atoms with Gasteiger partial charge in [-0.2, -0.15) is 0 Å². The predicted octanol–water partition coefficient (Wildman–Crippen LogP) is 3.40. The number of carbonyl (C=O) groups is 1. The van der Waals surface area contributed by atoms with Crippen LogP contribution in [-0.2, 0) is 11.3 Å². The molecule has 1 amide bonds. The van der Waals surface area contributed by atoms with Gasteiger partial charge in [-0.25, -0.2) is 4.98 Å². The quantitative estimate of drug-likeness (QED) is 0.613. The van der Waals surface area contributed by atoms with Gasteiger partial charge in [-0.05, 0) is 29.8 Å². The number of morpholine rings is 1. The van der Waals surface area contributed by atoms with Crippen molar-refractivity contribution in [3.05, 3.63) is 78.0 Å². The topological polar surface area (TPSA) is 83.7 Å². The summed E-state index contributed by atoms with van der Waals surface area (Å²) < 4.78 is 5.42. The Labute approximate surface area is 182 Å². The molecule has 0 aliphatic carbocycles. The number of nitrogens with zero attached hydrogens (tertiary/aromatic N) is 3. The average Bonchev–Trinajstić information content (AvgIpc) is 2.80. The average molecular weight is 418 g/mol. The van der Waals surface area contributed by atoms with Crippen molar-refractivity contribution in [2.45, 2.75) is 6.54 Å². The molecule has 31 heavy (non-hydrogen) atoms. The fraction of sp³-hybridized carbons (Fsp3) is 0.250. The first kappa shape index (κ1) is 20.7. The van der Waals surface area contributed by atoms with Crippen LogP contribution < -0.4 is 20.9 Å². The maximum absolute atomic E-state index is 12.0. The van der Waals surface area contributed by atoms with Crippen LogP contribution in [0.1, 0.15) is 15.9 Å². The molecule has 4 rings (SSSR count). The lowest BCUT2D eigenvalue weighted by Crippen LogP contribution is -2.36.